The second-order valence-electron chi connectivity index (χ2n) is 5.62. The van der Waals surface area contributed by atoms with E-state index in [2.05, 4.69) is 6.92 Å². The molecule has 106 valence electrons. The van der Waals surface area contributed by atoms with Gasteiger partial charge in [-0.1, -0.05) is 19.1 Å². The minimum absolute atomic E-state index is 0.0770. The van der Waals surface area contributed by atoms with E-state index in [0.29, 0.717) is 17.4 Å². The van der Waals surface area contributed by atoms with Crippen LogP contribution in [0.3, 0.4) is 0 Å². The normalized spacial score (nSPS) is 26.5. The summed E-state index contributed by atoms with van der Waals surface area (Å²) in [5.41, 5.74) is 6.72. The first kappa shape index (κ1) is 14.5. The van der Waals surface area contributed by atoms with Crippen LogP contribution in [0.15, 0.2) is 29.2 Å². The van der Waals surface area contributed by atoms with Crippen LogP contribution in [-0.4, -0.2) is 25.3 Å². The fourth-order valence-corrected chi connectivity index (χ4v) is 4.44. The van der Waals surface area contributed by atoms with Gasteiger partial charge in [-0.25, -0.2) is 8.42 Å². The number of benzene rings is 1. The topological polar surface area (TPSA) is 63.4 Å². The van der Waals surface area contributed by atoms with Gasteiger partial charge in [0.25, 0.3) is 0 Å². The standard InChI is InChI=1S/C14H22N2O2S/c1-10-8-11(2)16(9-10)19(17,18)14-6-4-13(5-7-14)12(3)15/h4-7,10-12H,8-9,15H2,1-3H3. The molecule has 4 nitrogen and oxygen atoms in total. The molecule has 1 aliphatic heterocycles. The second-order valence-corrected chi connectivity index (χ2v) is 7.51. The number of rotatable bonds is 3. The fraction of sp³-hybridized carbons (Fsp3) is 0.571. The summed E-state index contributed by atoms with van der Waals surface area (Å²) < 4.78 is 26.7. The molecular formula is C14H22N2O2S. The van der Waals surface area contributed by atoms with Gasteiger partial charge in [-0.15, -0.1) is 0 Å². The fourth-order valence-electron chi connectivity index (χ4n) is 2.68. The minimum Gasteiger partial charge on any atom is -0.324 e. The van der Waals surface area contributed by atoms with Crippen LogP contribution in [0, 0.1) is 5.92 Å². The van der Waals surface area contributed by atoms with Crippen LogP contribution in [-0.2, 0) is 10.0 Å². The molecule has 0 bridgehead atoms. The number of sulfonamides is 1. The number of nitrogens with zero attached hydrogens (tertiary/aromatic N) is 1. The first-order chi connectivity index (χ1) is 8.82. The molecule has 2 rings (SSSR count). The predicted octanol–water partition coefficient (Wildman–Crippen LogP) is 2.13. The highest BCUT2D eigenvalue weighted by atomic mass is 32.2. The van der Waals surface area contributed by atoms with E-state index in [4.69, 9.17) is 5.73 Å². The quantitative estimate of drug-likeness (QED) is 0.923. The van der Waals surface area contributed by atoms with Gasteiger partial charge in [0.15, 0.2) is 0 Å². The van der Waals surface area contributed by atoms with Crippen molar-refractivity contribution in [2.24, 2.45) is 11.7 Å². The van der Waals surface area contributed by atoms with Crippen LogP contribution in [0.1, 0.15) is 38.8 Å². The van der Waals surface area contributed by atoms with Crippen LogP contribution in [0.25, 0.3) is 0 Å². The van der Waals surface area contributed by atoms with Gasteiger partial charge in [-0.05, 0) is 43.9 Å². The van der Waals surface area contributed by atoms with E-state index < -0.39 is 10.0 Å². The predicted molar refractivity (Wildman–Crippen MR) is 76.2 cm³/mol. The Morgan fingerprint density at radius 2 is 1.84 bits per heavy atom. The molecule has 3 unspecified atom stereocenters. The lowest BCUT2D eigenvalue weighted by Gasteiger charge is -2.21. The monoisotopic (exact) mass is 282 g/mol. The zero-order valence-corrected chi connectivity index (χ0v) is 12.5. The Bertz CT molecular complexity index is 537. The SMILES string of the molecule is CC1CC(C)N(S(=O)(=O)c2ccc(C(C)N)cc2)C1. The first-order valence-corrected chi connectivity index (χ1v) is 8.13. The summed E-state index contributed by atoms with van der Waals surface area (Å²) in [7, 11) is -3.37. The lowest BCUT2D eigenvalue weighted by atomic mass is 10.1. The first-order valence-electron chi connectivity index (χ1n) is 6.69. The van der Waals surface area contributed by atoms with Crippen molar-refractivity contribution in [3.8, 4) is 0 Å². The second kappa shape index (κ2) is 5.23. The van der Waals surface area contributed by atoms with E-state index >= 15 is 0 Å². The van der Waals surface area contributed by atoms with Crippen molar-refractivity contribution >= 4 is 10.0 Å². The molecule has 1 aromatic carbocycles. The average Bonchev–Trinajstić information content (AvgIpc) is 2.69. The molecule has 0 aromatic heterocycles. The molecule has 0 amide bonds. The van der Waals surface area contributed by atoms with E-state index in [-0.39, 0.29) is 12.1 Å². The Morgan fingerprint density at radius 3 is 2.26 bits per heavy atom. The Kier molecular flexibility index (Phi) is 3.99. The van der Waals surface area contributed by atoms with E-state index in [9.17, 15) is 8.42 Å². The molecule has 5 heteroatoms. The van der Waals surface area contributed by atoms with E-state index in [1.807, 2.05) is 13.8 Å². The summed E-state index contributed by atoms with van der Waals surface area (Å²) in [6.07, 6.45) is 0.928. The Labute approximate surface area is 115 Å². The van der Waals surface area contributed by atoms with Crippen molar-refractivity contribution < 1.29 is 8.42 Å². The van der Waals surface area contributed by atoms with Crippen molar-refractivity contribution in [2.75, 3.05) is 6.54 Å². The molecule has 1 aromatic rings. The minimum atomic E-state index is -3.37. The van der Waals surface area contributed by atoms with Crippen LogP contribution in [0.5, 0.6) is 0 Å². The van der Waals surface area contributed by atoms with Gasteiger partial charge >= 0.3 is 0 Å². The number of hydrogen-bond donors (Lipinski definition) is 1. The summed E-state index contributed by atoms with van der Waals surface area (Å²) in [6.45, 7) is 6.55. The zero-order chi connectivity index (χ0) is 14.2. The highest BCUT2D eigenvalue weighted by Crippen LogP contribution is 2.29. The molecule has 1 fully saturated rings. The third-order valence-corrected chi connectivity index (χ3v) is 5.73. The molecular weight excluding hydrogens is 260 g/mol. The van der Waals surface area contributed by atoms with Gasteiger partial charge in [0, 0.05) is 18.6 Å². The molecule has 2 N–H and O–H groups in total. The molecule has 0 aliphatic carbocycles. The Morgan fingerprint density at radius 1 is 1.26 bits per heavy atom. The Balaban J connectivity index is 2.29. The van der Waals surface area contributed by atoms with Crippen LogP contribution in [0.2, 0.25) is 0 Å². The molecule has 1 aliphatic rings. The number of nitrogens with two attached hydrogens (primary N) is 1. The van der Waals surface area contributed by atoms with Gasteiger partial charge in [-0.3, -0.25) is 0 Å². The molecule has 0 spiro atoms. The molecule has 0 radical (unpaired) electrons. The van der Waals surface area contributed by atoms with Gasteiger partial charge in [0.2, 0.25) is 10.0 Å². The molecule has 1 saturated heterocycles. The van der Waals surface area contributed by atoms with Crippen molar-refractivity contribution in [2.45, 2.75) is 44.2 Å². The van der Waals surface area contributed by atoms with Gasteiger partial charge < -0.3 is 5.73 Å². The maximum Gasteiger partial charge on any atom is 0.243 e. The van der Waals surface area contributed by atoms with Crippen molar-refractivity contribution in [3.05, 3.63) is 29.8 Å². The van der Waals surface area contributed by atoms with E-state index in [0.717, 1.165) is 12.0 Å². The van der Waals surface area contributed by atoms with Crippen LogP contribution < -0.4 is 5.73 Å². The Hall–Kier alpha value is -0.910. The summed E-state index contributed by atoms with van der Waals surface area (Å²) >= 11 is 0. The van der Waals surface area contributed by atoms with Gasteiger partial charge in [0.05, 0.1) is 4.90 Å². The molecule has 1 heterocycles. The lowest BCUT2D eigenvalue weighted by Crippen LogP contribution is -2.34. The van der Waals surface area contributed by atoms with Crippen molar-refractivity contribution in [1.29, 1.82) is 0 Å². The smallest absolute Gasteiger partial charge is 0.243 e. The van der Waals surface area contributed by atoms with Gasteiger partial charge in [0.1, 0.15) is 0 Å². The molecule has 19 heavy (non-hydrogen) atoms. The number of hydrogen-bond acceptors (Lipinski definition) is 3. The largest absolute Gasteiger partial charge is 0.324 e. The highest BCUT2D eigenvalue weighted by molar-refractivity contribution is 7.89. The zero-order valence-electron chi connectivity index (χ0n) is 11.7. The van der Waals surface area contributed by atoms with E-state index in [1.165, 1.54) is 0 Å². The third-order valence-electron chi connectivity index (χ3n) is 3.74. The molecule has 0 saturated carbocycles. The third kappa shape index (κ3) is 2.83. The summed E-state index contributed by atoms with van der Waals surface area (Å²) in [5, 5.41) is 0. The highest BCUT2D eigenvalue weighted by Gasteiger charge is 2.35. The molecule has 3 atom stereocenters. The lowest BCUT2D eigenvalue weighted by molar-refractivity contribution is 0.405. The van der Waals surface area contributed by atoms with Crippen molar-refractivity contribution in [1.82, 2.24) is 4.31 Å². The summed E-state index contributed by atoms with van der Waals surface area (Å²) in [4.78, 5) is 0.359. The van der Waals surface area contributed by atoms with Gasteiger partial charge in [-0.2, -0.15) is 4.31 Å². The summed E-state index contributed by atoms with van der Waals surface area (Å²) in [5.74, 6) is 0.424. The van der Waals surface area contributed by atoms with Crippen LogP contribution >= 0.6 is 0 Å². The maximum atomic E-state index is 12.6. The maximum absolute atomic E-state index is 12.6. The van der Waals surface area contributed by atoms with E-state index in [1.54, 1.807) is 28.6 Å². The summed E-state index contributed by atoms with van der Waals surface area (Å²) in [6, 6.07) is 6.90. The van der Waals surface area contributed by atoms with Crippen molar-refractivity contribution in [3.63, 3.8) is 0 Å². The van der Waals surface area contributed by atoms with Crippen LogP contribution in [0.4, 0.5) is 0 Å². The average molecular weight is 282 g/mol.